The second kappa shape index (κ2) is 8.85. The number of aromatic hydroxyl groups is 1. The SMILES string of the molecule is COc1cc(-c2ccc3ncc(NC(=O)N(C)c4ccc(C(F)(F)F)cc4)nc3n2)ccc1O. The van der Waals surface area contributed by atoms with Gasteiger partial charge in [0.15, 0.2) is 23.0 Å². The Hall–Kier alpha value is -4.41. The molecule has 0 atom stereocenters. The molecular formula is C23H18F3N5O3. The summed E-state index contributed by atoms with van der Waals surface area (Å²) in [4.78, 5) is 26.8. The lowest BCUT2D eigenvalue weighted by molar-refractivity contribution is -0.137. The molecule has 0 radical (unpaired) electrons. The predicted molar refractivity (Wildman–Crippen MR) is 120 cm³/mol. The highest BCUT2D eigenvalue weighted by Gasteiger charge is 2.30. The number of fused-ring (bicyclic) bond motifs is 1. The van der Waals surface area contributed by atoms with Crippen LogP contribution in [-0.2, 0) is 6.18 Å². The topological polar surface area (TPSA) is 100 Å². The van der Waals surface area contributed by atoms with Crippen LogP contribution in [0.15, 0.2) is 60.8 Å². The number of aromatic nitrogens is 3. The number of phenolic OH excluding ortho intramolecular Hbond substituents is 1. The number of anilines is 2. The van der Waals surface area contributed by atoms with E-state index in [9.17, 15) is 23.1 Å². The summed E-state index contributed by atoms with van der Waals surface area (Å²) in [7, 11) is 2.86. The summed E-state index contributed by atoms with van der Waals surface area (Å²) in [5.74, 6) is 0.399. The van der Waals surface area contributed by atoms with Crippen molar-refractivity contribution in [1.82, 2.24) is 15.0 Å². The fraction of sp³-hybridized carbons (Fsp3) is 0.130. The van der Waals surface area contributed by atoms with E-state index >= 15 is 0 Å². The second-order valence-corrected chi connectivity index (χ2v) is 7.21. The lowest BCUT2D eigenvalue weighted by atomic mass is 10.1. The molecular weight excluding hydrogens is 451 g/mol. The zero-order valence-electron chi connectivity index (χ0n) is 18.0. The number of carbonyl (C=O) groups excluding carboxylic acids is 1. The summed E-state index contributed by atoms with van der Waals surface area (Å²) >= 11 is 0. The van der Waals surface area contributed by atoms with E-state index in [1.807, 2.05) is 0 Å². The molecule has 2 amide bonds. The average molecular weight is 469 g/mol. The molecule has 8 nitrogen and oxygen atoms in total. The third-order valence-corrected chi connectivity index (χ3v) is 5.00. The molecule has 2 aromatic heterocycles. The minimum Gasteiger partial charge on any atom is -0.504 e. The van der Waals surface area contributed by atoms with Gasteiger partial charge in [-0.1, -0.05) is 0 Å². The van der Waals surface area contributed by atoms with Gasteiger partial charge in [0.2, 0.25) is 0 Å². The summed E-state index contributed by atoms with van der Waals surface area (Å²) in [5.41, 5.74) is 1.43. The summed E-state index contributed by atoms with van der Waals surface area (Å²) in [5, 5.41) is 12.3. The van der Waals surface area contributed by atoms with Gasteiger partial charge in [-0.05, 0) is 54.6 Å². The summed E-state index contributed by atoms with van der Waals surface area (Å²) in [6.45, 7) is 0. The van der Waals surface area contributed by atoms with Crippen LogP contribution in [0.1, 0.15) is 5.56 Å². The van der Waals surface area contributed by atoms with Gasteiger partial charge in [0, 0.05) is 18.3 Å². The molecule has 0 fully saturated rings. The van der Waals surface area contributed by atoms with Crippen LogP contribution in [0, 0.1) is 0 Å². The van der Waals surface area contributed by atoms with Crippen LogP contribution in [0.2, 0.25) is 0 Å². The Morgan fingerprint density at radius 2 is 1.79 bits per heavy atom. The van der Waals surface area contributed by atoms with Gasteiger partial charge in [-0.15, -0.1) is 0 Å². The molecule has 0 aliphatic rings. The van der Waals surface area contributed by atoms with Crippen LogP contribution < -0.4 is 15.0 Å². The first-order valence-corrected chi connectivity index (χ1v) is 9.89. The van der Waals surface area contributed by atoms with Crippen molar-refractivity contribution in [2.45, 2.75) is 6.18 Å². The third kappa shape index (κ3) is 4.68. The maximum Gasteiger partial charge on any atom is 0.416 e. The van der Waals surface area contributed by atoms with Crippen molar-refractivity contribution < 1.29 is 27.8 Å². The summed E-state index contributed by atoms with van der Waals surface area (Å²) in [6, 6.07) is 11.8. The standard InChI is InChI=1S/C23H18F3N5O3/c1-31(15-6-4-14(5-7-15)23(24,25)26)22(33)30-20-12-27-17-9-8-16(28-21(17)29-20)13-3-10-18(32)19(11-13)34-2/h3-12,32H,1-2H3,(H,28,29,30,33). The number of nitrogens with one attached hydrogen (secondary N) is 1. The summed E-state index contributed by atoms with van der Waals surface area (Å²) in [6.07, 6.45) is -3.11. The molecule has 2 heterocycles. The van der Waals surface area contributed by atoms with Crippen molar-refractivity contribution in [3.05, 3.63) is 66.4 Å². The molecule has 174 valence electrons. The second-order valence-electron chi connectivity index (χ2n) is 7.21. The van der Waals surface area contributed by atoms with E-state index in [0.29, 0.717) is 16.8 Å². The Labute approximate surface area is 191 Å². The minimum atomic E-state index is -4.46. The molecule has 0 aliphatic heterocycles. The smallest absolute Gasteiger partial charge is 0.416 e. The minimum absolute atomic E-state index is 0.00556. The van der Waals surface area contributed by atoms with Crippen LogP contribution in [0.25, 0.3) is 22.4 Å². The number of methoxy groups -OCH3 is 1. The van der Waals surface area contributed by atoms with Crippen LogP contribution in [0.3, 0.4) is 0 Å². The largest absolute Gasteiger partial charge is 0.504 e. The highest BCUT2D eigenvalue weighted by molar-refractivity contribution is 6.01. The van der Waals surface area contributed by atoms with E-state index < -0.39 is 17.8 Å². The first-order chi connectivity index (χ1) is 16.2. The van der Waals surface area contributed by atoms with Gasteiger partial charge in [-0.3, -0.25) is 10.2 Å². The average Bonchev–Trinajstić information content (AvgIpc) is 2.83. The molecule has 2 N–H and O–H groups in total. The number of nitrogens with zero attached hydrogens (tertiary/aromatic N) is 4. The molecule has 0 aliphatic carbocycles. The number of carbonyl (C=O) groups is 1. The van der Waals surface area contributed by atoms with E-state index in [4.69, 9.17) is 4.74 Å². The molecule has 4 rings (SSSR count). The van der Waals surface area contributed by atoms with Gasteiger partial charge < -0.3 is 9.84 Å². The summed E-state index contributed by atoms with van der Waals surface area (Å²) < 4.78 is 43.4. The number of pyridine rings is 1. The molecule has 2 aromatic carbocycles. The molecule has 0 saturated carbocycles. The Kier molecular flexibility index (Phi) is 5.93. The number of halogens is 3. The number of urea groups is 1. The maximum atomic E-state index is 12.8. The van der Waals surface area contributed by atoms with Gasteiger partial charge in [0.25, 0.3) is 0 Å². The molecule has 0 unspecified atom stereocenters. The first-order valence-electron chi connectivity index (χ1n) is 9.89. The lowest BCUT2D eigenvalue weighted by Crippen LogP contribution is -2.31. The van der Waals surface area contributed by atoms with Gasteiger partial charge in [-0.2, -0.15) is 13.2 Å². The number of rotatable bonds is 4. The fourth-order valence-corrected chi connectivity index (χ4v) is 3.14. The van der Waals surface area contributed by atoms with Crippen molar-refractivity contribution in [2.24, 2.45) is 0 Å². The van der Waals surface area contributed by atoms with Gasteiger partial charge in [-0.25, -0.2) is 19.7 Å². The predicted octanol–water partition coefficient (Wildman–Crippen LogP) is 5.09. The molecule has 34 heavy (non-hydrogen) atoms. The Bertz CT molecular complexity index is 1360. The highest BCUT2D eigenvalue weighted by atomic mass is 19.4. The lowest BCUT2D eigenvalue weighted by Gasteiger charge is -2.18. The van der Waals surface area contributed by atoms with Gasteiger partial charge in [0.1, 0.15) is 5.52 Å². The molecule has 0 bridgehead atoms. The fourth-order valence-electron chi connectivity index (χ4n) is 3.14. The zero-order valence-corrected chi connectivity index (χ0v) is 18.0. The normalized spacial score (nSPS) is 11.3. The first kappa shape index (κ1) is 22.8. The number of phenols is 1. The Balaban J connectivity index is 1.55. The quantitative estimate of drug-likeness (QED) is 0.432. The van der Waals surface area contributed by atoms with E-state index in [1.165, 1.54) is 38.6 Å². The van der Waals surface area contributed by atoms with E-state index in [2.05, 4.69) is 20.3 Å². The van der Waals surface area contributed by atoms with Crippen LogP contribution in [0.4, 0.5) is 29.5 Å². The van der Waals surface area contributed by atoms with Crippen LogP contribution in [-0.4, -0.2) is 40.2 Å². The number of alkyl halides is 3. The van der Waals surface area contributed by atoms with E-state index in [1.54, 1.807) is 24.3 Å². The van der Waals surface area contributed by atoms with Crippen molar-refractivity contribution in [3.63, 3.8) is 0 Å². The number of hydrogen-bond acceptors (Lipinski definition) is 6. The monoisotopic (exact) mass is 469 g/mol. The maximum absolute atomic E-state index is 12.8. The molecule has 0 saturated heterocycles. The molecule has 11 heteroatoms. The number of benzene rings is 2. The number of hydrogen-bond donors (Lipinski definition) is 2. The van der Waals surface area contributed by atoms with Gasteiger partial charge in [0.05, 0.1) is 24.6 Å². The van der Waals surface area contributed by atoms with Crippen molar-refractivity contribution in [1.29, 1.82) is 0 Å². The van der Waals surface area contributed by atoms with Crippen LogP contribution >= 0.6 is 0 Å². The zero-order chi connectivity index (χ0) is 24.5. The van der Waals surface area contributed by atoms with Crippen molar-refractivity contribution in [3.8, 4) is 22.8 Å². The van der Waals surface area contributed by atoms with E-state index in [-0.39, 0.29) is 28.7 Å². The van der Waals surface area contributed by atoms with E-state index in [0.717, 1.165) is 17.0 Å². The molecule has 4 aromatic rings. The van der Waals surface area contributed by atoms with Crippen molar-refractivity contribution >= 4 is 28.7 Å². The third-order valence-electron chi connectivity index (χ3n) is 5.00. The van der Waals surface area contributed by atoms with Gasteiger partial charge >= 0.3 is 12.2 Å². The Morgan fingerprint density at radius 1 is 1.06 bits per heavy atom. The highest BCUT2D eigenvalue weighted by Crippen LogP contribution is 2.32. The number of ether oxygens (including phenoxy) is 1. The molecule has 0 spiro atoms. The Morgan fingerprint density at radius 3 is 2.47 bits per heavy atom. The van der Waals surface area contributed by atoms with Crippen molar-refractivity contribution in [2.75, 3.05) is 24.4 Å². The number of amides is 2. The van der Waals surface area contributed by atoms with Crippen LogP contribution in [0.5, 0.6) is 11.5 Å².